The second-order valence-electron chi connectivity index (χ2n) is 4.94. The van der Waals surface area contributed by atoms with Crippen LogP contribution in [0.4, 0.5) is 0 Å². The number of benzene rings is 2. The van der Waals surface area contributed by atoms with Crippen molar-refractivity contribution >= 4 is 24.2 Å². The van der Waals surface area contributed by atoms with Crippen molar-refractivity contribution in [1.29, 1.82) is 0 Å². The van der Waals surface area contributed by atoms with Crippen molar-refractivity contribution in [1.82, 2.24) is 4.98 Å². The molecule has 3 aromatic rings. The summed E-state index contributed by atoms with van der Waals surface area (Å²) >= 11 is 0. The molecule has 0 bridgehead atoms. The summed E-state index contributed by atoms with van der Waals surface area (Å²) in [7, 11) is 0.720. The maximum absolute atomic E-state index is 10.4. The van der Waals surface area contributed by atoms with Gasteiger partial charge in [-0.15, -0.1) is 0 Å². The van der Waals surface area contributed by atoms with Gasteiger partial charge in [0.25, 0.3) is 0 Å². The van der Waals surface area contributed by atoms with Crippen LogP contribution in [0.15, 0.2) is 65.8 Å². The van der Waals surface area contributed by atoms with Crippen molar-refractivity contribution in [2.24, 2.45) is 4.99 Å². The standard InChI is InChI=1S/C17H15BN2O/c21-18-12-19-11-16(13-4-2-1-3-5-13)14-6-7-17-15(10-14)8-9-20-17/h1-10,12,16,20H,11H2. The van der Waals surface area contributed by atoms with Crippen molar-refractivity contribution in [3.05, 3.63) is 71.9 Å². The number of aliphatic imine (C=N–C) groups is 1. The zero-order chi connectivity index (χ0) is 14.5. The van der Waals surface area contributed by atoms with Gasteiger partial charge in [0.1, 0.15) is 0 Å². The Bertz CT molecular complexity index is 765. The Hall–Kier alpha value is -2.49. The molecule has 1 N–H and O–H groups in total. The van der Waals surface area contributed by atoms with E-state index in [9.17, 15) is 4.70 Å². The molecule has 4 heteroatoms. The molecule has 1 atom stereocenters. The molecule has 21 heavy (non-hydrogen) atoms. The summed E-state index contributed by atoms with van der Waals surface area (Å²) in [5, 5.41) is 1.19. The number of nitrogens with zero attached hydrogens (tertiary/aromatic N) is 1. The van der Waals surface area contributed by atoms with Crippen LogP contribution in [0.3, 0.4) is 0 Å². The fourth-order valence-electron chi connectivity index (χ4n) is 2.59. The predicted molar refractivity (Wildman–Crippen MR) is 86.4 cm³/mol. The van der Waals surface area contributed by atoms with E-state index in [4.69, 9.17) is 0 Å². The molecule has 102 valence electrons. The first kappa shape index (κ1) is 13.5. The van der Waals surface area contributed by atoms with Gasteiger partial charge in [-0.2, -0.15) is 0 Å². The SMILES string of the molecule is O=BC=NCC(c1ccccc1)c1ccc2[nH]ccc2c1. The first-order chi connectivity index (χ1) is 10.4. The third-order valence-corrected chi connectivity index (χ3v) is 3.64. The van der Waals surface area contributed by atoms with E-state index in [1.807, 2.05) is 24.4 Å². The second-order valence-corrected chi connectivity index (χ2v) is 4.94. The molecular formula is C17H15BN2O. The number of hydrogen-bond donors (Lipinski definition) is 1. The molecule has 0 saturated heterocycles. The van der Waals surface area contributed by atoms with E-state index in [1.165, 1.54) is 22.6 Å². The molecule has 1 aromatic heterocycles. The minimum absolute atomic E-state index is 0.154. The van der Waals surface area contributed by atoms with Crippen LogP contribution in [0.2, 0.25) is 0 Å². The molecule has 2 aromatic carbocycles. The minimum atomic E-state index is 0.154. The zero-order valence-electron chi connectivity index (χ0n) is 11.6. The molecule has 0 spiro atoms. The van der Waals surface area contributed by atoms with E-state index in [2.05, 4.69) is 46.4 Å². The van der Waals surface area contributed by atoms with Crippen LogP contribution in [-0.4, -0.2) is 24.8 Å². The van der Waals surface area contributed by atoms with Crippen LogP contribution >= 0.6 is 0 Å². The first-order valence-corrected chi connectivity index (χ1v) is 6.94. The van der Waals surface area contributed by atoms with Gasteiger partial charge in [0.05, 0.1) is 0 Å². The molecule has 1 heterocycles. The van der Waals surface area contributed by atoms with Gasteiger partial charge in [-0.05, 0) is 0 Å². The number of hydrogen-bond acceptors (Lipinski definition) is 2. The van der Waals surface area contributed by atoms with Gasteiger partial charge < -0.3 is 0 Å². The van der Waals surface area contributed by atoms with Crippen LogP contribution in [0.5, 0.6) is 0 Å². The van der Waals surface area contributed by atoms with Crippen molar-refractivity contribution in [2.45, 2.75) is 5.92 Å². The monoisotopic (exact) mass is 274 g/mol. The first-order valence-electron chi connectivity index (χ1n) is 6.94. The second kappa shape index (κ2) is 6.31. The Morgan fingerprint density at radius 2 is 1.95 bits per heavy atom. The third-order valence-electron chi connectivity index (χ3n) is 3.64. The zero-order valence-corrected chi connectivity index (χ0v) is 11.6. The maximum atomic E-state index is 10.4. The number of aromatic amines is 1. The topological polar surface area (TPSA) is 45.2 Å². The number of nitrogens with one attached hydrogen (secondary N) is 1. The van der Waals surface area contributed by atoms with Gasteiger partial charge in [-0.3, -0.25) is 0 Å². The van der Waals surface area contributed by atoms with E-state index in [1.54, 1.807) is 0 Å². The molecule has 3 nitrogen and oxygen atoms in total. The van der Waals surface area contributed by atoms with Gasteiger partial charge in [-0.1, -0.05) is 0 Å². The summed E-state index contributed by atoms with van der Waals surface area (Å²) in [4.78, 5) is 7.41. The van der Waals surface area contributed by atoms with Gasteiger partial charge in [0.2, 0.25) is 0 Å². The summed E-state index contributed by atoms with van der Waals surface area (Å²) in [6, 6.07) is 18.7. The molecule has 0 fully saturated rings. The molecule has 0 aliphatic heterocycles. The quantitative estimate of drug-likeness (QED) is 0.562. The van der Waals surface area contributed by atoms with Crippen LogP contribution in [0.25, 0.3) is 10.9 Å². The third kappa shape index (κ3) is 3.00. The Morgan fingerprint density at radius 3 is 2.76 bits per heavy atom. The fraction of sp³-hybridized carbons (Fsp3) is 0.118. The van der Waals surface area contributed by atoms with Gasteiger partial charge in [0, 0.05) is 0 Å². The number of rotatable bonds is 5. The summed E-state index contributed by atoms with van der Waals surface area (Å²) in [6.45, 7) is 0.568. The Labute approximate surface area is 124 Å². The fourth-order valence-corrected chi connectivity index (χ4v) is 2.59. The average molecular weight is 274 g/mol. The molecular weight excluding hydrogens is 259 g/mol. The van der Waals surface area contributed by atoms with Crippen LogP contribution in [0.1, 0.15) is 17.0 Å². The van der Waals surface area contributed by atoms with E-state index >= 15 is 0 Å². The van der Waals surface area contributed by atoms with Crippen LogP contribution < -0.4 is 0 Å². The van der Waals surface area contributed by atoms with Crippen molar-refractivity contribution in [2.75, 3.05) is 6.54 Å². The normalized spacial score (nSPS) is 12.6. The number of aromatic nitrogens is 1. The van der Waals surface area contributed by atoms with Crippen molar-refractivity contribution < 1.29 is 4.70 Å². The summed E-state index contributed by atoms with van der Waals surface area (Å²) in [5.74, 6) is 0.154. The summed E-state index contributed by atoms with van der Waals surface area (Å²) < 4.78 is 10.4. The van der Waals surface area contributed by atoms with E-state index in [0.29, 0.717) is 6.54 Å². The predicted octanol–water partition coefficient (Wildman–Crippen LogP) is 3.38. The van der Waals surface area contributed by atoms with Crippen LogP contribution in [0, 0.1) is 0 Å². The Balaban J connectivity index is 2.00. The Kier molecular flexibility index (Phi) is 4.06. The number of H-pyrrole nitrogens is 1. The molecule has 0 amide bonds. The van der Waals surface area contributed by atoms with Crippen molar-refractivity contribution in [3.8, 4) is 0 Å². The average Bonchev–Trinajstić information content (AvgIpc) is 3.00. The Morgan fingerprint density at radius 1 is 1.10 bits per heavy atom. The van der Waals surface area contributed by atoms with Crippen molar-refractivity contribution in [3.63, 3.8) is 0 Å². The molecule has 0 saturated carbocycles. The van der Waals surface area contributed by atoms with Gasteiger partial charge in [-0.25, -0.2) is 0 Å². The summed E-state index contributed by atoms with van der Waals surface area (Å²) in [5.41, 5.74) is 3.54. The number of fused-ring (bicyclic) bond motifs is 1. The molecule has 3 rings (SSSR count). The molecule has 1 unspecified atom stereocenters. The van der Waals surface area contributed by atoms with E-state index in [0.717, 1.165) is 12.7 Å². The summed E-state index contributed by atoms with van der Waals surface area (Å²) in [6.07, 6.45) is 3.27. The van der Waals surface area contributed by atoms with E-state index < -0.39 is 0 Å². The molecule has 0 radical (unpaired) electrons. The van der Waals surface area contributed by atoms with E-state index in [-0.39, 0.29) is 5.92 Å². The van der Waals surface area contributed by atoms with Gasteiger partial charge >= 0.3 is 123 Å². The van der Waals surface area contributed by atoms with Crippen LogP contribution in [-0.2, 0) is 4.70 Å². The molecule has 0 aliphatic carbocycles. The van der Waals surface area contributed by atoms with Gasteiger partial charge in [0.15, 0.2) is 0 Å². The molecule has 0 aliphatic rings.